The fourth-order valence-electron chi connectivity index (χ4n) is 2.02. The highest BCUT2D eigenvalue weighted by Crippen LogP contribution is 2.06. The molecule has 1 aliphatic heterocycles. The molecule has 0 spiro atoms. The zero-order valence-corrected chi connectivity index (χ0v) is 12.2. The van der Waals surface area contributed by atoms with Crippen LogP contribution in [-0.4, -0.2) is 61.4 Å². The number of carboxylic acids is 1. The van der Waals surface area contributed by atoms with Crippen LogP contribution in [0.15, 0.2) is 0 Å². The van der Waals surface area contributed by atoms with Crippen LogP contribution in [0.25, 0.3) is 0 Å². The van der Waals surface area contributed by atoms with Gasteiger partial charge >= 0.3 is 5.97 Å². The van der Waals surface area contributed by atoms with Crippen LogP contribution in [0.2, 0.25) is 0 Å². The van der Waals surface area contributed by atoms with Crippen molar-refractivity contribution in [3.05, 3.63) is 0 Å². The van der Waals surface area contributed by atoms with Gasteiger partial charge in [0.1, 0.15) is 6.04 Å². The molecular weight excluding hydrogens is 302 g/mol. The number of hydrogen-bond acceptors (Lipinski definition) is 6. The number of rotatable bonds is 7. The van der Waals surface area contributed by atoms with Gasteiger partial charge in [-0.25, -0.2) is 13.2 Å². The molecule has 5 N–H and O–H groups in total. The molecule has 0 bridgehead atoms. The summed E-state index contributed by atoms with van der Waals surface area (Å²) < 4.78 is 22.9. The van der Waals surface area contributed by atoms with E-state index in [0.29, 0.717) is 0 Å². The minimum absolute atomic E-state index is 0.0292. The van der Waals surface area contributed by atoms with Gasteiger partial charge in [0.05, 0.1) is 11.5 Å². The topological polar surface area (TPSA) is 156 Å². The highest BCUT2D eigenvalue weighted by molar-refractivity contribution is 7.91. The lowest BCUT2D eigenvalue weighted by molar-refractivity contribution is -0.142. The first-order valence-electron chi connectivity index (χ1n) is 6.44. The minimum Gasteiger partial charge on any atom is -0.480 e. The van der Waals surface area contributed by atoms with Gasteiger partial charge in [-0.2, -0.15) is 0 Å². The molecule has 21 heavy (non-hydrogen) atoms. The molecule has 2 amide bonds. The summed E-state index contributed by atoms with van der Waals surface area (Å²) in [7, 11) is -3.16. The molecule has 1 fully saturated rings. The van der Waals surface area contributed by atoms with Crippen molar-refractivity contribution >= 4 is 27.6 Å². The van der Waals surface area contributed by atoms with Crippen molar-refractivity contribution in [2.45, 2.75) is 31.3 Å². The fraction of sp³-hybridized carbons (Fsp3) is 0.727. The Morgan fingerprint density at radius 1 is 1.38 bits per heavy atom. The first-order valence-corrected chi connectivity index (χ1v) is 8.26. The van der Waals surface area contributed by atoms with Gasteiger partial charge in [0.2, 0.25) is 11.8 Å². The van der Waals surface area contributed by atoms with Crippen LogP contribution in [0.3, 0.4) is 0 Å². The summed E-state index contributed by atoms with van der Waals surface area (Å²) in [6.07, 6.45) is -0.403. The quantitative estimate of drug-likeness (QED) is 0.407. The Labute approximate surface area is 122 Å². The van der Waals surface area contributed by atoms with Gasteiger partial charge in [0, 0.05) is 25.4 Å². The molecule has 0 aromatic rings. The molecule has 1 aliphatic rings. The van der Waals surface area contributed by atoms with E-state index < -0.39 is 39.7 Å². The predicted octanol–water partition coefficient (Wildman–Crippen LogP) is -2.40. The zero-order valence-electron chi connectivity index (χ0n) is 11.4. The van der Waals surface area contributed by atoms with Crippen molar-refractivity contribution in [2.24, 2.45) is 5.73 Å². The Hall–Kier alpha value is -1.68. The smallest absolute Gasteiger partial charge is 0.326 e. The van der Waals surface area contributed by atoms with E-state index in [0.717, 1.165) is 0 Å². The van der Waals surface area contributed by atoms with Gasteiger partial charge in [-0.15, -0.1) is 0 Å². The fourth-order valence-corrected chi connectivity index (χ4v) is 3.46. The predicted molar refractivity (Wildman–Crippen MR) is 73.1 cm³/mol. The van der Waals surface area contributed by atoms with Crippen LogP contribution in [-0.2, 0) is 24.2 Å². The second kappa shape index (κ2) is 7.36. The Morgan fingerprint density at radius 2 is 2.05 bits per heavy atom. The standard InChI is InChI=1S/C11H19N3O6S/c12-9(15)2-1-8(11(17)18)14-10(16)5-7-6-21(19,20)4-3-13-7/h7-8,13H,1-6H2,(H2,12,15)(H,14,16)(H,17,18). The number of primary amides is 1. The van der Waals surface area contributed by atoms with Gasteiger partial charge in [0.15, 0.2) is 9.84 Å². The first kappa shape index (κ1) is 17.4. The lowest BCUT2D eigenvalue weighted by Crippen LogP contribution is -2.49. The summed E-state index contributed by atoms with van der Waals surface area (Å²) in [6.45, 7) is 0.268. The number of sulfone groups is 1. The van der Waals surface area contributed by atoms with Crippen molar-refractivity contribution in [2.75, 3.05) is 18.1 Å². The molecule has 120 valence electrons. The van der Waals surface area contributed by atoms with Crippen LogP contribution >= 0.6 is 0 Å². The third kappa shape index (κ3) is 6.54. The summed E-state index contributed by atoms with van der Waals surface area (Å²) in [4.78, 5) is 33.4. The molecule has 1 rings (SSSR count). The molecule has 0 aliphatic carbocycles. The van der Waals surface area contributed by atoms with Crippen molar-refractivity contribution in [1.29, 1.82) is 0 Å². The van der Waals surface area contributed by atoms with E-state index >= 15 is 0 Å². The molecular formula is C11H19N3O6S. The van der Waals surface area contributed by atoms with Crippen LogP contribution in [0.4, 0.5) is 0 Å². The number of hydrogen-bond donors (Lipinski definition) is 4. The highest BCUT2D eigenvalue weighted by atomic mass is 32.2. The van der Waals surface area contributed by atoms with Gasteiger partial charge in [0.25, 0.3) is 0 Å². The second-order valence-corrected chi connectivity index (χ2v) is 7.16. The maximum Gasteiger partial charge on any atom is 0.326 e. The normalized spacial score (nSPS) is 22.2. The third-order valence-corrected chi connectivity index (χ3v) is 4.78. The summed E-state index contributed by atoms with van der Waals surface area (Å²) in [5, 5.41) is 14.1. The number of carboxylic acid groups (broad SMARTS) is 1. The number of carbonyl (C=O) groups is 3. The molecule has 1 saturated heterocycles. The van der Waals surface area contributed by atoms with Gasteiger partial charge in [-0.05, 0) is 6.42 Å². The van der Waals surface area contributed by atoms with Crippen molar-refractivity contribution in [3.63, 3.8) is 0 Å². The number of carbonyl (C=O) groups excluding carboxylic acids is 2. The summed E-state index contributed by atoms with van der Waals surface area (Å²) in [5.74, 6) is -2.63. The lowest BCUT2D eigenvalue weighted by Gasteiger charge is -2.23. The van der Waals surface area contributed by atoms with E-state index in [-0.39, 0.29) is 37.3 Å². The SMILES string of the molecule is NC(=O)CCC(NC(=O)CC1CS(=O)(=O)CCN1)C(=O)O. The van der Waals surface area contributed by atoms with E-state index in [2.05, 4.69) is 10.6 Å². The molecule has 9 nitrogen and oxygen atoms in total. The average Bonchev–Trinajstić information content (AvgIpc) is 2.32. The number of nitrogens with one attached hydrogen (secondary N) is 2. The second-order valence-electron chi connectivity index (χ2n) is 4.93. The number of aliphatic carboxylic acids is 1. The monoisotopic (exact) mass is 321 g/mol. The minimum atomic E-state index is -3.16. The van der Waals surface area contributed by atoms with Crippen LogP contribution < -0.4 is 16.4 Å². The molecule has 2 atom stereocenters. The van der Waals surface area contributed by atoms with E-state index in [9.17, 15) is 22.8 Å². The molecule has 1 heterocycles. The molecule has 10 heteroatoms. The average molecular weight is 321 g/mol. The molecule has 0 radical (unpaired) electrons. The first-order chi connectivity index (χ1) is 9.69. The molecule has 2 unspecified atom stereocenters. The number of nitrogens with two attached hydrogens (primary N) is 1. The van der Waals surface area contributed by atoms with Crippen LogP contribution in [0.1, 0.15) is 19.3 Å². The van der Waals surface area contributed by atoms with Crippen molar-refractivity contribution < 1.29 is 27.9 Å². The third-order valence-electron chi connectivity index (χ3n) is 3.05. The summed E-state index contributed by atoms with van der Waals surface area (Å²) in [6, 6.07) is -1.75. The van der Waals surface area contributed by atoms with E-state index in [1.165, 1.54) is 0 Å². The lowest BCUT2D eigenvalue weighted by atomic mass is 10.1. The van der Waals surface area contributed by atoms with Gasteiger partial charge < -0.3 is 21.5 Å². The summed E-state index contributed by atoms with van der Waals surface area (Å²) >= 11 is 0. The molecule has 0 saturated carbocycles. The maximum absolute atomic E-state index is 11.8. The van der Waals surface area contributed by atoms with Gasteiger partial charge in [-0.1, -0.05) is 0 Å². The summed E-state index contributed by atoms with van der Waals surface area (Å²) in [5.41, 5.74) is 4.93. The Kier molecular flexibility index (Phi) is 6.09. The Bertz CT molecular complexity index is 518. The Morgan fingerprint density at radius 3 is 2.57 bits per heavy atom. The van der Waals surface area contributed by atoms with Gasteiger partial charge in [-0.3, -0.25) is 9.59 Å². The maximum atomic E-state index is 11.8. The number of amides is 2. The van der Waals surface area contributed by atoms with Crippen LogP contribution in [0.5, 0.6) is 0 Å². The highest BCUT2D eigenvalue weighted by Gasteiger charge is 2.27. The van der Waals surface area contributed by atoms with Crippen molar-refractivity contribution in [3.8, 4) is 0 Å². The van der Waals surface area contributed by atoms with E-state index in [4.69, 9.17) is 10.8 Å². The van der Waals surface area contributed by atoms with Crippen LogP contribution in [0, 0.1) is 0 Å². The molecule has 0 aromatic carbocycles. The Balaban J connectivity index is 2.50. The largest absolute Gasteiger partial charge is 0.480 e. The van der Waals surface area contributed by atoms with Crippen molar-refractivity contribution in [1.82, 2.24) is 10.6 Å². The molecule has 0 aromatic heterocycles. The zero-order chi connectivity index (χ0) is 16.0. The van der Waals surface area contributed by atoms with E-state index in [1.807, 2.05) is 0 Å². The van der Waals surface area contributed by atoms with E-state index in [1.54, 1.807) is 0 Å².